The van der Waals surface area contributed by atoms with Gasteiger partial charge in [0.05, 0.1) is 0 Å². The fourth-order valence-electron chi connectivity index (χ4n) is 9.39. The van der Waals surface area contributed by atoms with E-state index in [9.17, 15) is 14.4 Å². The van der Waals surface area contributed by atoms with Gasteiger partial charge in [-0.3, -0.25) is 14.4 Å². The van der Waals surface area contributed by atoms with Crippen LogP contribution >= 0.6 is 0 Å². The molecule has 0 aliphatic rings. The third kappa shape index (κ3) is 58.4. The summed E-state index contributed by atoms with van der Waals surface area (Å²) in [5.74, 6) is -0.853. The van der Waals surface area contributed by atoms with Crippen molar-refractivity contribution in [3.63, 3.8) is 0 Å². The van der Waals surface area contributed by atoms with Crippen LogP contribution in [-0.4, -0.2) is 37.2 Å². The first-order chi connectivity index (χ1) is 35.0. The zero-order chi connectivity index (χ0) is 51.4. The van der Waals surface area contributed by atoms with Gasteiger partial charge in [-0.1, -0.05) is 301 Å². The Balaban J connectivity index is 4.18. The summed E-state index contributed by atoms with van der Waals surface area (Å²) < 4.78 is 16.9. The van der Waals surface area contributed by atoms with Crippen LogP contribution in [-0.2, 0) is 28.6 Å². The van der Waals surface area contributed by atoms with Crippen molar-refractivity contribution in [2.24, 2.45) is 0 Å². The van der Waals surface area contributed by atoms with Crippen molar-refractivity contribution in [1.82, 2.24) is 0 Å². The van der Waals surface area contributed by atoms with E-state index in [4.69, 9.17) is 14.2 Å². The first-order valence-electron chi connectivity index (χ1n) is 31.5. The molecule has 0 aromatic heterocycles. The van der Waals surface area contributed by atoms with Gasteiger partial charge in [0, 0.05) is 19.3 Å². The number of ether oxygens (including phenoxy) is 3. The molecular formula is C65H120O6. The van der Waals surface area contributed by atoms with E-state index in [1.807, 2.05) is 0 Å². The van der Waals surface area contributed by atoms with Gasteiger partial charge in [-0.25, -0.2) is 0 Å². The molecule has 0 rings (SSSR count). The lowest BCUT2D eigenvalue weighted by Crippen LogP contribution is -2.30. The van der Waals surface area contributed by atoms with Gasteiger partial charge in [-0.05, 0) is 57.8 Å². The minimum Gasteiger partial charge on any atom is -0.462 e. The molecule has 1 unspecified atom stereocenters. The topological polar surface area (TPSA) is 78.9 Å². The third-order valence-corrected chi connectivity index (χ3v) is 14.1. The summed E-state index contributed by atoms with van der Waals surface area (Å²) in [6, 6.07) is 0. The van der Waals surface area contributed by atoms with Gasteiger partial charge in [-0.15, -0.1) is 0 Å². The van der Waals surface area contributed by atoms with Gasteiger partial charge in [0.25, 0.3) is 0 Å². The fraction of sp³-hybridized carbons (Fsp3) is 0.862. The monoisotopic (exact) mass is 997 g/mol. The highest BCUT2D eigenvalue weighted by Crippen LogP contribution is 2.17. The van der Waals surface area contributed by atoms with Crippen molar-refractivity contribution >= 4 is 17.9 Å². The molecule has 1 atom stereocenters. The molecule has 416 valence electrons. The highest BCUT2D eigenvalue weighted by atomic mass is 16.6. The average molecular weight is 998 g/mol. The van der Waals surface area contributed by atoms with Crippen molar-refractivity contribution in [3.8, 4) is 0 Å². The average Bonchev–Trinajstić information content (AvgIpc) is 3.37. The minimum absolute atomic E-state index is 0.0683. The molecule has 0 aromatic carbocycles. The number of rotatable bonds is 58. The summed E-state index contributed by atoms with van der Waals surface area (Å²) in [5.41, 5.74) is 0. The first kappa shape index (κ1) is 68.6. The van der Waals surface area contributed by atoms with E-state index in [1.54, 1.807) is 0 Å². The predicted octanol–water partition coefficient (Wildman–Crippen LogP) is 21.2. The van der Waals surface area contributed by atoms with Crippen molar-refractivity contribution < 1.29 is 28.6 Å². The van der Waals surface area contributed by atoms with Gasteiger partial charge in [0.2, 0.25) is 0 Å². The number of hydrogen-bond acceptors (Lipinski definition) is 6. The number of esters is 3. The smallest absolute Gasteiger partial charge is 0.306 e. The molecule has 71 heavy (non-hydrogen) atoms. The highest BCUT2D eigenvalue weighted by molar-refractivity contribution is 5.71. The Kier molecular flexibility index (Phi) is 58.2. The van der Waals surface area contributed by atoms with E-state index in [0.29, 0.717) is 19.3 Å². The summed E-state index contributed by atoms with van der Waals surface area (Å²) in [7, 11) is 0. The van der Waals surface area contributed by atoms with E-state index >= 15 is 0 Å². The third-order valence-electron chi connectivity index (χ3n) is 14.1. The quantitative estimate of drug-likeness (QED) is 0.0261. The van der Waals surface area contributed by atoms with Crippen LogP contribution in [0.5, 0.6) is 0 Å². The number of hydrogen-bond donors (Lipinski definition) is 0. The maximum Gasteiger partial charge on any atom is 0.306 e. The summed E-state index contributed by atoms with van der Waals surface area (Å²) in [6.45, 7) is 6.66. The lowest BCUT2D eigenvalue weighted by molar-refractivity contribution is -0.167. The van der Waals surface area contributed by atoms with E-state index < -0.39 is 6.10 Å². The Bertz CT molecular complexity index is 1190. The number of carbonyl (C=O) groups is 3. The standard InChI is InChI=1S/C65H120O6/c1-4-7-10-13-16-19-21-23-25-27-29-30-31-32-33-34-36-37-39-41-43-46-49-52-55-58-64(67)70-61-62(60-69-63(66)57-54-51-48-45-18-15-12-9-6-3)71-65(68)59-56-53-50-47-44-42-40-38-35-28-26-24-22-20-17-14-11-8-5-2/h21,23,27,29,31-32,62H,4-20,22,24-26,28,30,33-61H2,1-3H3/b23-21-,29-27-,32-31-. The second-order valence-electron chi connectivity index (χ2n) is 21.3. The van der Waals surface area contributed by atoms with Crippen molar-refractivity contribution in [2.75, 3.05) is 13.2 Å². The molecule has 0 aromatic rings. The number of unbranched alkanes of at least 4 members (excludes halogenated alkanes) is 41. The van der Waals surface area contributed by atoms with Crippen LogP contribution in [0.4, 0.5) is 0 Å². The van der Waals surface area contributed by atoms with E-state index in [-0.39, 0.29) is 31.1 Å². The largest absolute Gasteiger partial charge is 0.462 e. The van der Waals surface area contributed by atoms with Crippen LogP contribution in [0.25, 0.3) is 0 Å². The first-order valence-corrected chi connectivity index (χ1v) is 31.5. The predicted molar refractivity (Wildman–Crippen MR) is 307 cm³/mol. The Morgan fingerprint density at radius 1 is 0.282 bits per heavy atom. The van der Waals surface area contributed by atoms with Gasteiger partial charge in [-0.2, -0.15) is 0 Å². The molecule has 0 aliphatic heterocycles. The summed E-state index contributed by atoms with van der Waals surface area (Å²) in [5, 5.41) is 0. The molecule has 0 heterocycles. The molecule has 0 aliphatic carbocycles. The molecule has 6 nitrogen and oxygen atoms in total. The summed E-state index contributed by atoms with van der Waals surface area (Å²) >= 11 is 0. The molecule has 0 N–H and O–H groups in total. The zero-order valence-corrected chi connectivity index (χ0v) is 47.8. The van der Waals surface area contributed by atoms with E-state index in [1.165, 1.54) is 231 Å². The molecule has 0 bridgehead atoms. The van der Waals surface area contributed by atoms with Gasteiger partial charge in [0.15, 0.2) is 6.10 Å². The summed E-state index contributed by atoms with van der Waals surface area (Å²) in [4.78, 5) is 38.1. The lowest BCUT2D eigenvalue weighted by Gasteiger charge is -2.18. The Hall–Kier alpha value is -2.37. The molecule has 0 spiro atoms. The molecule has 0 radical (unpaired) electrons. The number of allylic oxidation sites excluding steroid dienone is 6. The zero-order valence-electron chi connectivity index (χ0n) is 47.8. The summed E-state index contributed by atoms with van der Waals surface area (Å²) in [6.07, 6.45) is 73.0. The Morgan fingerprint density at radius 2 is 0.507 bits per heavy atom. The Morgan fingerprint density at radius 3 is 0.789 bits per heavy atom. The SMILES string of the molecule is CCCCCCC/C=C\C/C=C\C/C=C\CCCCCCCCCCCCC(=O)OCC(COC(=O)CCCCCCCCCCC)OC(=O)CCCCCCCCCCCCCCCCCCCCC. The molecule has 0 fully saturated rings. The second kappa shape index (κ2) is 60.2. The maximum atomic E-state index is 12.9. The van der Waals surface area contributed by atoms with Crippen molar-refractivity contribution in [2.45, 2.75) is 348 Å². The maximum absolute atomic E-state index is 12.9. The van der Waals surface area contributed by atoms with Crippen molar-refractivity contribution in [1.29, 1.82) is 0 Å². The normalized spacial score (nSPS) is 12.2. The van der Waals surface area contributed by atoms with Crippen LogP contribution < -0.4 is 0 Å². The van der Waals surface area contributed by atoms with Crippen LogP contribution in [0.3, 0.4) is 0 Å². The molecule has 0 saturated heterocycles. The highest BCUT2D eigenvalue weighted by Gasteiger charge is 2.19. The molecule has 0 saturated carbocycles. The number of carbonyl (C=O) groups excluding carboxylic acids is 3. The van der Waals surface area contributed by atoms with Crippen LogP contribution in [0.2, 0.25) is 0 Å². The fourth-order valence-corrected chi connectivity index (χ4v) is 9.39. The lowest BCUT2D eigenvalue weighted by atomic mass is 10.0. The molecule has 0 amide bonds. The van der Waals surface area contributed by atoms with Gasteiger partial charge >= 0.3 is 17.9 Å². The van der Waals surface area contributed by atoms with E-state index in [0.717, 1.165) is 70.6 Å². The van der Waals surface area contributed by atoms with Gasteiger partial charge < -0.3 is 14.2 Å². The van der Waals surface area contributed by atoms with Crippen LogP contribution in [0.1, 0.15) is 342 Å². The molecular weight excluding hydrogens is 877 g/mol. The van der Waals surface area contributed by atoms with Crippen LogP contribution in [0, 0.1) is 0 Å². The van der Waals surface area contributed by atoms with Crippen LogP contribution in [0.15, 0.2) is 36.5 Å². The molecule has 6 heteroatoms. The van der Waals surface area contributed by atoms with Crippen molar-refractivity contribution in [3.05, 3.63) is 36.5 Å². The van der Waals surface area contributed by atoms with E-state index in [2.05, 4.69) is 57.2 Å². The Labute approximate surface area is 442 Å². The second-order valence-corrected chi connectivity index (χ2v) is 21.3. The minimum atomic E-state index is -0.769. The van der Waals surface area contributed by atoms with Gasteiger partial charge in [0.1, 0.15) is 13.2 Å².